The van der Waals surface area contributed by atoms with Crippen LogP contribution in [0, 0.1) is 0 Å². The number of nitrogens with two attached hydrogens (primary N) is 1. The lowest BCUT2D eigenvalue weighted by molar-refractivity contribution is 0.302. The molecule has 0 radical (unpaired) electrons. The lowest BCUT2D eigenvalue weighted by Gasteiger charge is -2.24. The van der Waals surface area contributed by atoms with Gasteiger partial charge < -0.3 is 15.4 Å². The molecule has 1 rings (SSSR count). The van der Waals surface area contributed by atoms with E-state index < -0.39 is 0 Å². The fourth-order valence-corrected chi connectivity index (χ4v) is 2.22. The maximum atomic E-state index is 5.84. The molecule has 19 heavy (non-hydrogen) atoms. The van der Waals surface area contributed by atoms with Gasteiger partial charge in [-0.3, -0.25) is 0 Å². The second-order valence-electron chi connectivity index (χ2n) is 6.45. The van der Waals surface area contributed by atoms with E-state index in [9.17, 15) is 0 Å². The van der Waals surface area contributed by atoms with E-state index in [-0.39, 0.29) is 11.5 Å². The number of methoxy groups -OCH3 is 1. The minimum Gasteiger partial charge on any atom is -0.496 e. The molecule has 3 nitrogen and oxygen atoms in total. The van der Waals surface area contributed by atoms with Crippen molar-refractivity contribution in [2.24, 2.45) is 5.73 Å². The third-order valence-electron chi connectivity index (χ3n) is 3.19. The van der Waals surface area contributed by atoms with Gasteiger partial charge in [0.15, 0.2) is 0 Å². The predicted molar refractivity (Wildman–Crippen MR) is 81.7 cm³/mol. The van der Waals surface area contributed by atoms with Gasteiger partial charge in [-0.1, -0.05) is 32.9 Å². The van der Waals surface area contributed by atoms with Gasteiger partial charge in [-0.2, -0.15) is 0 Å². The van der Waals surface area contributed by atoms with Crippen molar-refractivity contribution in [2.75, 3.05) is 20.7 Å². The zero-order valence-corrected chi connectivity index (χ0v) is 13.2. The number of hydrogen-bond donors (Lipinski definition) is 1. The van der Waals surface area contributed by atoms with Crippen molar-refractivity contribution < 1.29 is 4.74 Å². The van der Waals surface area contributed by atoms with Gasteiger partial charge in [-0.15, -0.1) is 0 Å². The molecule has 0 amide bonds. The van der Waals surface area contributed by atoms with Crippen LogP contribution >= 0.6 is 0 Å². The maximum Gasteiger partial charge on any atom is 0.123 e. The Morgan fingerprint density at radius 3 is 2.42 bits per heavy atom. The summed E-state index contributed by atoms with van der Waals surface area (Å²) in [5.74, 6) is 0.949. The summed E-state index contributed by atoms with van der Waals surface area (Å²) in [6.45, 7) is 10.4. The standard InChI is InChI=1S/C16H28N2O/c1-12(17)10-18(5)11-13-9-14(16(2,3)4)7-8-15(13)19-6/h7-9,12H,10-11,17H2,1-6H3. The molecule has 0 fully saturated rings. The van der Waals surface area contributed by atoms with Crippen molar-refractivity contribution in [3.8, 4) is 5.75 Å². The summed E-state index contributed by atoms with van der Waals surface area (Å²) in [6, 6.07) is 6.64. The lowest BCUT2D eigenvalue weighted by Crippen LogP contribution is -2.32. The van der Waals surface area contributed by atoms with Gasteiger partial charge in [-0.05, 0) is 31.0 Å². The fraction of sp³-hybridized carbons (Fsp3) is 0.625. The molecule has 108 valence electrons. The number of benzene rings is 1. The number of hydrogen-bond acceptors (Lipinski definition) is 3. The third-order valence-corrected chi connectivity index (χ3v) is 3.19. The quantitative estimate of drug-likeness (QED) is 0.888. The first-order valence-corrected chi connectivity index (χ1v) is 6.85. The molecule has 3 heteroatoms. The molecule has 1 aromatic carbocycles. The summed E-state index contributed by atoms with van der Waals surface area (Å²) in [4.78, 5) is 2.23. The molecular formula is C16H28N2O. The van der Waals surface area contributed by atoms with Gasteiger partial charge in [0, 0.05) is 24.7 Å². The molecule has 1 atom stereocenters. The van der Waals surface area contributed by atoms with Crippen LogP contribution in [0.15, 0.2) is 18.2 Å². The van der Waals surface area contributed by atoms with Crippen LogP contribution in [0.1, 0.15) is 38.8 Å². The highest BCUT2D eigenvalue weighted by atomic mass is 16.5. The summed E-state index contributed by atoms with van der Waals surface area (Å²) in [5.41, 5.74) is 8.55. The Balaban J connectivity index is 2.96. The van der Waals surface area contributed by atoms with Gasteiger partial charge in [0.05, 0.1) is 7.11 Å². The van der Waals surface area contributed by atoms with E-state index in [0.29, 0.717) is 0 Å². The zero-order chi connectivity index (χ0) is 14.6. The Bertz CT molecular complexity index is 408. The second-order valence-corrected chi connectivity index (χ2v) is 6.45. The maximum absolute atomic E-state index is 5.84. The molecular weight excluding hydrogens is 236 g/mol. The molecule has 0 spiro atoms. The van der Waals surface area contributed by atoms with Gasteiger partial charge in [0.2, 0.25) is 0 Å². The molecule has 0 aliphatic heterocycles. The van der Waals surface area contributed by atoms with E-state index in [4.69, 9.17) is 10.5 Å². The van der Waals surface area contributed by atoms with Crippen molar-refractivity contribution in [1.82, 2.24) is 4.90 Å². The van der Waals surface area contributed by atoms with E-state index in [1.165, 1.54) is 11.1 Å². The van der Waals surface area contributed by atoms with Crippen LogP contribution in [0.2, 0.25) is 0 Å². The Kier molecular flexibility index (Phi) is 5.39. The van der Waals surface area contributed by atoms with Crippen LogP contribution in [0.4, 0.5) is 0 Å². The van der Waals surface area contributed by atoms with Crippen molar-refractivity contribution in [3.63, 3.8) is 0 Å². The molecule has 0 saturated carbocycles. The van der Waals surface area contributed by atoms with Crippen LogP contribution < -0.4 is 10.5 Å². The van der Waals surface area contributed by atoms with Gasteiger partial charge in [0.25, 0.3) is 0 Å². The molecule has 2 N–H and O–H groups in total. The second kappa shape index (κ2) is 6.40. The average Bonchev–Trinajstić information content (AvgIpc) is 2.26. The number of ether oxygens (including phenoxy) is 1. The summed E-state index contributed by atoms with van der Waals surface area (Å²) >= 11 is 0. The minimum absolute atomic E-state index is 0.154. The molecule has 0 saturated heterocycles. The van der Waals surface area contributed by atoms with Crippen molar-refractivity contribution >= 4 is 0 Å². The molecule has 1 unspecified atom stereocenters. The summed E-state index contributed by atoms with van der Waals surface area (Å²) in [7, 11) is 3.81. The zero-order valence-electron chi connectivity index (χ0n) is 13.2. The van der Waals surface area contributed by atoms with Crippen LogP contribution in [-0.4, -0.2) is 31.6 Å². The molecule has 1 aromatic rings. The molecule has 0 heterocycles. The first-order valence-electron chi connectivity index (χ1n) is 6.85. The lowest BCUT2D eigenvalue weighted by atomic mass is 9.86. The van der Waals surface area contributed by atoms with E-state index >= 15 is 0 Å². The third kappa shape index (κ3) is 4.84. The number of likely N-dealkylation sites (N-methyl/N-ethyl adjacent to an activating group) is 1. The Morgan fingerprint density at radius 1 is 1.32 bits per heavy atom. The van der Waals surface area contributed by atoms with Gasteiger partial charge >= 0.3 is 0 Å². The molecule has 0 aliphatic carbocycles. The highest BCUT2D eigenvalue weighted by Crippen LogP contribution is 2.28. The Labute approximate surface area is 117 Å². The van der Waals surface area contributed by atoms with E-state index in [1.54, 1.807) is 7.11 Å². The van der Waals surface area contributed by atoms with Crippen LogP contribution in [0.25, 0.3) is 0 Å². The number of nitrogens with zero attached hydrogens (tertiary/aromatic N) is 1. The highest BCUT2D eigenvalue weighted by molar-refractivity contribution is 5.39. The van der Waals surface area contributed by atoms with Crippen molar-refractivity contribution in [3.05, 3.63) is 29.3 Å². The first-order chi connectivity index (χ1) is 8.74. The highest BCUT2D eigenvalue weighted by Gasteiger charge is 2.16. The SMILES string of the molecule is COc1ccc(C(C)(C)C)cc1CN(C)CC(C)N. The molecule has 0 aromatic heterocycles. The smallest absolute Gasteiger partial charge is 0.123 e. The summed E-state index contributed by atoms with van der Waals surface area (Å²) in [6.07, 6.45) is 0. The topological polar surface area (TPSA) is 38.5 Å². The largest absolute Gasteiger partial charge is 0.496 e. The average molecular weight is 264 g/mol. The fourth-order valence-electron chi connectivity index (χ4n) is 2.22. The predicted octanol–water partition coefficient (Wildman–Crippen LogP) is 2.77. The van der Waals surface area contributed by atoms with Crippen LogP contribution in [0.3, 0.4) is 0 Å². The Morgan fingerprint density at radius 2 is 1.95 bits per heavy atom. The van der Waals surface area contributed by atoms with E-state index in [0.717, 1.165) is 18.8 Å². The van der Waals surface area contributed by atoms with Crippen LogP contribution in [0.5, 0.6) is 5.75 Å². The van der Waals surface area contributed by atoms with E-state index in [1.807, 2.05) is 6.92 Å². The van der Waals surface area contributed by atoms with Crippen molar-refractivity contribution in [2.45, 2.75) is 45.7 Å². The molecule has 0 bridgehead atoms. The normalized spacial score (nSPS) is 13.7. The van der Waals surface area contributed by atoms with E-state index in [2.05, 4.69) is 50.9 Å². The molecule has 0 aliphatic rings. The van der Waals surface area contributed by atoms with Gasteiger partial charge in [-0.25, -0.2) is 0 Å². The number of rotatable bonds is 5. The van der Waals surface area contributed by atoms with Gasteiger partial charge in [0.1, 0.15) is 5.75 Å². The Hall–Kier alpha value is -1.06. The monoisotopic (exact) mass is 264 g/mol. The summed E-state index contributed by atoms with van der Waals surface area (Å²) in [5, 5.41) is 0. The summed E-state index contributed by atoms with van der Waals surface area (Å²) < 4.78 is 5.46. The minimum atomic E-state index is 0.154. The first kappa shape index (κ1) is 16.0. The van der Waals surface area contributed by atoms with Crippen LogP contribution in [-0.2, 0) is 12.0 Å². The van der Waals surface area contributed by atoms with Crippen molar-refractivity contribution in [1.29, 1.82) is 0 Å².